The lowest BCUT2D eigenvalue weighted by atomic mass is 10.1. The monoisotopic (exact) mass is 375 g/mol. The molecule has 1 atom stereocenters. The maximum absolute atomic E-state index is 12.7. The molecule has 0 bridgehead atoms. The van der Waals surface area contributed by atoms with Crippen LogP contribution in [0.1, 0.15) is 12.5 Å². The van der Waals surface area contributed by atoms with E-state index in [4.69, 9.17) is 21.1 Å². The lowest BCUT2D eigenvalue weighted by Gasteiger charge is -2.25. The average Bonchev–Trinajstić information content (AvgIpc) is 2.67. The van der Waals surface area contributed by atoms with Crippen molar-refractivity contribution < 1.29 is 19.1 Å². The Hall–Kier alpha value is -2.53. The van der Waals surface area contributed by atoms with Gasteiger partial charge in [-0.3, -0.25) is 9.59 Å². The Morgan fingerprint density at radius 2 is 1.73 bits per heavy atom. The number of hydrogen-bond acceptors (Lipinski definition) is 4. The Morgan fingerprint density at radius 3 is 2.35 bits per heavy atom. The molecule has 0 heterocycles. The standard InChI is InChI=1S/C20H22ClNO4/c1-15(20(24)25-2)12-22(13-16-8-10-17(21)11-9-16)19(23)14-26-18-6-4-3-5-7-18/h3-11,15H,12-14H2,1-2H3. The molecule has 1 unspecified atom stereocenters. The molecule has 2 aromatic rings. The van der Waals surface area contributed by atoms with E-state index in [9.17, 15) is 9.59 Å². The summed E-state index contributed by atoms with van der Waals surface area (Å²) in [6.45, 7) is 2.22. The van der Waals surface area contributed by atoms with Crippen LogP contribution in [0, 0.1) is 5.92 Å². The van der Waals surface area contributed by atoms with Gasteiger partial charge in [0.15, 0.2) is 6.61 Å². The Balaban J connectivity index is 2.06. The quantitative estimate of drug-likeness (QED) is 0.662. The van der Waals surface area contributed by atoms with E-state index < -0.39 is 5.92 Å². The van der Waals surface area contributed by atoms with Crippen molar-refractivity contribution in [1.82, 2.24) is 4.90 Å². The van der Waals surface area contributed by atoms with Crippen LogP contribution in [-0.2, 0) is 20.9 Å². The van der Waals surface area contributed by atoms with E-state index in [1.165, 1.54) is 7.11 Å². The number of halogens is 1. The van der Waals surface area contributed by atoms with E-state index >= 15 is 0 Å². The number of rotatable bonds is 8. The number of esters is 1. The summed E-state index contributed by atoms with van der Waals surface area (Å²) < 4.78 is 10.3. The van der Waals surface area contributed by atoms with Gasteiger partial charge in [0, 0.05) is 18.1 Å². The molecule has 2 aromatic carbocycles. The predicted octanol–water partition coefficient (Wildman–Crippen LogP) is 3.56. The van der Waals surface area contributed by atoms with Gasteiger partial charge in [0.2, 0.25) is 0 Å². The average molecular weight is 376 g/mol. The molecule has 0 aliphatic rings. The molecular weight excluding hydrogens is 354 g/mol. The van der Waals surface area contributed by atoms with Crippen LogP contribution in [0.3, 0.4) is 0 Å². The van der Waals surface area contributed by atoms with Gasteiger partial charge < -0.3 is 14.4 Å². The highest BCUT2D eigenvalue weighted by Crippen LogP contribution is 2.14. The van der Waals surface area contributed by atoms with Crippen LogP contribution in [0.4, 0.5) is 0 Å². The Labute approximate surface area is 158 Å². The van der Waals surface area contributed by atoms with Crippen LogP contribution in [-0.4, -0.2) is 37.0 Å². The number of carbonyl (C=O) groups excluding carboxylic acids is 2. The summed E-state index contributed by atoms with van der Waals surface area (Å²) in [6, 6.07) is 16.4. The normalized spacial score (nSPS) is 11.5. The topological polar surface area (TPSA) is 55.8 Å². The van der Waals surface area contributed by atoms with Gasteiger partial charge in [-0.05, 0) is 29.8 Å². The highest BCUT2D eigenvalue weighted by Gasteiger charge is 2.22. The Kier molecular flexibility index (Phi) is 7.48. The van der Waals surface area contributed by atoms with Gasteiger partial charge in [0.1, 0.15) is 5.75 Å². The van der Waals surface area contributed by atoms with Crippen LogP contribution >= 0.6 is 11.6 Å². The van der Waals surface area contributed by atoms with E-state index in [2.05, 4.69) is 0 Å². The number of para-hydroxylation sites is 1. The largest absolute Gasteiger partial charge is 0.484 e. The molecule has 5 nitrogen and oxygen atoms in total. The maximum atomic E-state index is 12.7. The van der Waals surface area contributed by atoms with E-state index in [0.717, 1.165) is 5.56 Å². The molecule has 6 heteroatoms. The lowest BCUT2D eigenvalue weighted by molar-refractivity contribution is -0.147. The molecule has 0 saturated carbocycles. The third-order valence-corrected chi connectivity index (χ3v) is 4.09. The Bertz CT molecular complexity index is 718. The van der Waals surface area contributed by atoms with Crippen LogP contribution in [0.25, 0.3) is 0 Å². The first-order chi connectivity index (χ1) is 12.5. The number of hydrogen-bond donors (Lipinski definition) is 0. The van der Waals surface area contributed by atoms with E-state index in [-0.39, 0.29) is 25.0 Å². The molecule has 138 valence electrons. The predicted molar refractivity (Wildman–Crippen MR) is 100.0 cm³/mol. The molecule has 0 radical (unpaired) electrons. The zero-order chi connectivity index (χ0) is 18.9. The van der Waals surface area contributed by atoms with Gasteiger partial charge >= 0.3 is 5.97 Å². The maximum Gasteiger partial charge on any atom is 0.310 e. The van der Waals surface area contributed by atoms with Gasteiger partial charge in [-0.2, -0.15) is 0 Å². The van der Waals surface area contributed by atoms with E-state index in [1.54, 1.807) is 36.1 Å². The van der Waals surface area contributed by atoms with Crippen molar-refractivity contribution in [2.45, 2.75) is 13.5 Å². The van der Waals surface area contributed by atoms with Crippen molar-refractivity contribution >= 4 is 23.5 Å². The van der Waals surface area contributed by atoms with Crippen molar-refractivity contribution in [2.75, 3.05) is 20.3 Å². The fourth-order valence-corrected chi connectivity index (χ4v) is 2.55. The highest BCUT2D eigenvalue weighted by atomic mass is 35.5. The summed E-state index contributed by atoms with van der Waals surface area (Å²) >= 11 is 5.91. The van der Waals surface area contributed by atoms with Crippen molar-refractivity contribution in [3.63, 3.8) is 0 Å². The van der Waals surface area contributed by atoms with Crippen molar-refractivity contribution in [1.29, 1.82) is 0 Å². The molecule has 0 spiro atoms. The highest BCUT2D eigenvalue weighted by molar-refractivity contribution is 6.30. The molecule has 0 aromatic heterocycles. The Morgan fingerprint density at radius 1 is 1.08 bits per heavy atom. The number of amides is 1. The summed E-state index contributed by atoms with van der Waals surface area (Å²) in [7, 11) is 1.34. The van der Waals surface area contributed by atoms with Gasteiger partial charge in [-0.1, -0.05) is 48.9 Å². The summed E-state index contributed by atoms with van der Waals surface area (Å²) in [6.07, 6.45) is 0. The summed E-state index contributed by atoms with van der Waals surface area (Å²) in [5.74, 6) is -0.385. The molecule has 2 rings (SSSR count). The van der Waals surface area contributed by atoms with Crippen molar-refractivity contribution in [3.05, 3.63) is 65.2 Å². The van der Waals surface area contributed by atoms with Gasteiger partial charge in [-0.15, -0.1) is 0 Å². The van der Waals surface area contributed by atoms with Crippen molar-refractivity contribution in [3.8, 4) is 5.75 Å². The summed E-state index contributed by atoms with van der Waals surface area (Å²) in [5.41, 5.74) is 0.916. The second kappa shape index (κ2) is 9.82. The fraction of sp³-hybridized carbons (Fsp3) is 0.300. The van der Waals surface area contributed by atoms with Crippen molar-refractivity contribution in [2.24, 2.45) is 5.92 Å². The van der Waals surface area contributed by atoms with Gasteiger partial charge in [0.25, 0.3) is 5.91 Å². The second-order valence-electron chi connectivity index (χ2n) is 5.93. The van der Waals surface area contributed by atoms with Crippen LogP contribution in [0.15, 0.2) is 54.6 Å². The first-order valence-corrected chi connectivity index (χ1v) is 8.65. The molecule has 0 aliphatic carbocycles. The zero-order valence-electron chi connectivity index (χ0n) is 14.9. The third-order valence-electron chi connectivity index (χ3n) is 3.84. The van der Waals surface area contributed by atoms with E-state index in [0.29, 0.717) is 17.3 Å². The molecule has 0 aliphatic heterocycles. The first kappa shape index (κ1) is 19.8. The van der Waals surface area contributed by atoms with Crippen LogP contribution in [0.5, 0.6) is 5.75 Å². The summed E-state index contributed by atoms with van der Waals surface area (Å²) in [4.78, 5) is 26.0. The fourth-order valence-electron chi connectivity index (χ4n) is 2.42. The minimum Gasteiger partial charge on any atom is -0.484 e. The zero-order valence-corrected chi connectivity index (χ0v) is 15.6. The molecule has 1 amide bonds. The number of benzene rings is 2. The smallest absolute Gasteiger partial charge is 0.310 e. The summed E-state index contributed by atoms with van der Waals surface area (Å²) in [5, 5.41) is 0.627. The van der Waals surface area contributed by atoms with E-state index in [1.807, 2.05) is 30.3 Å². The number of ether oxygens (including phenoxy) is 2. The first-order valence-electron chi connectivity index (χ1n) is 8.27. The third kappa shape index (κ3) is 6.08. The van der Waals surface area contributed by atoms with Gasteiger partial charge in [0.05, 0.1) is 13.0 Å². The molecule has 0 saturated heterocycles. The number of nitrogens with zero attached hydrogens (tertiary/aromatic N) is 1. The van der Waals surface area contributed by atoms with Crippen LogP contribution in [0.2, 0.25) is 5.02 Å². The van der Waals surface area contributed by atoms with Gasteiger partial charge in [-0.25, -0.2) is 0 Å². The minimum absolute atomic E-state index is 0.106. The SMILES string of the molecule is COC(=O)C(C)CN(Cc1ccc(Cl)cc1)C(=O)COc1ccccc1. The van der Waals surface area contributed by atoms with Crippen LogP contribution < -0.4 is 4.74 Å². The lowest BCUT2D eigenvalue weighted by Crippen LogP contribution is -2.39. The minimum atomic E-state index is -0.437. The molecular formula is C20H22ClNO4. The molecule has 0 fully saturated rings. The molecule has 0 N–H and O–H groups in total. The molecule has 26 heavy (non-hydrogen) atoms. The number of methoxy groups -OCH3 is 1. The number of carbonyl (C=O) groups is 2. The second-order valence-corrected chi connectivity index (χ2v) is 6.36.